The predicted octanol–water partition coefficient (Wildman–Crippen LogP) is 8.42. The van der Waals surface area contributed by atoms with Crippen LogP contribution in [-0.2, 0) is 19.2 Å². The van der Waals surface area contributed by atoms with Crippen molar-refractivity contribution in [3.05, 3.63) is 23.8 Å². The second-order valence-electron chi connectivity index (χ2n) is 10.2. The third-order valence-electron chi connectivity index (χ3n) is 6.10. The van der Waals surface area contributed by atoms with Gasteiger partial charge in [0.2, 0.25) is 0 Å². The van der Waals surface area contributed by atoms with Crippen molar-refractivity contribution in [1.82, 2.24) is 0 Å². The lowest BCUT2D eigenvalue weighted by molar-refractivity contribution is -0.130. The molecule has 0 saturated heterocycles. The number of carbonyl (C=O) groups is 4. The quantitative estimate of drug-likeness (QED) is 0.273. The Balaban J connectivity index is 0. The number of carbonyl (C=O) groups excluding carboxylic acids is 4. The van der Waals surface area contributed by atoms with Gasteiger partial charge in [-0.15, -0.1) is 0 Å². The highest BCUT2D eigenvalue weighted by atomic mass is 16.1. The summed E-state index contributed by atoms with van der Waals surface area (Å²) in [5.74, 6) is 1.05. The first kappa shape index (κ1) is 35.3. The van der Waals surface area contributed by atoms with Gasteiger partial charge in [0, 0.05) is 18.8 Å². The molecule has 4 nitrogen and oxygen atoms in total. The van der Waals surface area contributed by atoms with Crippen molar-refractivity contribution in [2.75, 3.05) is 0 Å². The molecule has 0 aromatic heterocycles. The van der Waals surface area contributed by atoms with Crippen LogP contribution in [0.3, 0.4) is 0 Å². The topological polar surface area (TPSA) is 68.3 Å². The lowest BCUT2D eigenvalue weighted by atomic mass is 9.75. The summed E-state index contributed by atoms with van der Waals surface area (Å²) in [4.78, 5) is 45.8. The molecule has 3 unspecified atom stereocenters. The van der Waals surface area contributed by atoms with E-state index in [0.29, 0.717) is 24.5 Å². The third-order valence-corrected chi connectivity index (χ3v) is 6.10. The van der Waals surface area contributed by atoms with Gasteiger partial charge in [-0.3, -0.25) is 14.4 Å². The van der Waals surface area contributed by atoms with E-state index < -0.39 is 0 Å². The maximum absolute atomic E-state index is 12.6. The van der Waals surface area contributed by atoms with Crippen LogP contribution in [0.2, 0.25) is 0 Å². The molecule has 0 fully saturated rings. The molecule has 35 heavy (non-hydrogen) atoms. The normalized spacial score (nSPS) is 19.9. The maximum Gasteiger partial charge on any atom is 0.143 e. The zero-order valence-electron chi connectivity index (χ0n) is 24.1. The smallest absolute Gasteiger partial charge is 0.143 e. The SMILES string of the molecule is CC(C)=O.CCCC(CC1CC/C=C\C=C(\C)CC(=O)C1)C(CC)C(=O)CC(C)=O.CCCCC. The summed E-state index contributed by atoms with van der Waals surface area (Å²) in [6.07, 6.45) is 17.2. The second-order valence-corrected chi connectivity index (χ2v) is 10.2. The number of Topliss-reactive ketones (excluding diaryl/α,β-unsaturated/α-hetero) is 4. The van der Waals surface area contributed by atoms with Crippen molar-refractivity contribution in [2.24, 2.45) is 17.8 Å². The van der Waals surface area contributed by atoms with Crippen LogP contribution in [0.5, 0.6) is 0 Å². The summed E-state index contributed by atoms with van der Waals surface area (Å²) >= 11 is 0. The molecule has 3 atom stereocenters. The second kappa shape index (κ2) is 22.6. The Bertz CT molecular complexity index is 665. The van der Waals surface area contributed by atoms with Gasteiger partial charge >= 0.3 is 0 Å². The van der Waals surface area contributed by atoms with E-state index in [9.17, 15) is 19.2 Å². The molecule has 0 saturated carbocycles. The molecule has 0 N–H and O–H groups in total. The Labute approximate surface area is 216 Å². The first-order valence-electron chi connectivity index (χ1n) is 13.8. The fourth-order valence-corrected chi connectivity index (χ4v) is 4.56. The maximum atomic E-state index is 12.6. The monoisotopic (exact) mass is 490 g/mol. The molecule has 1 aliphatic carbocycles. The van der Waals surface area contributed by atoms with Gasteiger partial charge < -0.3 is 4.79 Å². The number of hydrogen-bond acceptors (Lipinski definition) is 4. The van der Waals surface area contributed by atoms with Crippen LogP contribution in [0.4, 0.5) is 0 Å². The molecule has 0 amide bonds. The molecular formula is C31H54O4. The van der Waals surface area contributed by atoms with Gasteiger partial charge in [-0.05, 0) is 65.2 Å². The fraction of sp³-hybridized carbons (Fsp3) is 0.742. The Morgan fingerprint density at radius 3 is 2.06 bits per heavy atom. The average Bonchev–Trinajstić information content (AvgIpc) is 2.73. The zero-order chi connectivity index (χ0) is 27.2. The minimum absolute atomic E-state index is 0.0506. The van der Waals surface area contributed by atoms with E-state index in [1.807, 2.05) is 19.9 Å². The lowest BCUT2D eigenvalue weighted by Crippen LogP contribution is -2.27. The van der Waals surface area contributed by atoms with Crippen molar-refractivity contribution in [1.29, 1.82) is 0 Å². The molecule has 0 spiro atoms. The standard InChI is InChI=1S/C23H36O3.C5H12.C3H6O/c1-5-10-20(22(6-2)23(26)14-18(4)24)15-19-12-9-7-8-11-17(3)13-21(25)16-19;1-3-5-4-2;1-3(2)4/h7-8,11,19-20,22H,5-6,9-10,12-16H2,1-4H3;3-5H2,1-2H3;1-2H3/b8-7-,17-11-;;. The van der Waals surface area contributed by atoms with Gasteiger partial charge in [-0.1, -0.05) is 83.6 Å². The van der Waals surface area contributed by atoms with Crippen LogP contribution in [0.1, 0.15) is 132 Å². The number of ketones is 4. The Kier molecular flexibility index (Phi) is 22.8. The van der Waals surface area contributed by atoms with E-state index >= 15 is 0 Å². The molecule has 4 heteroatoms. The minimum Gasteiger partial charge on any atom is -0.300 e. The van der Waals surface area contributed by atoms with E-state index in [-0.39, 0.29) is 35.6 Å². The Hall–Kier alpha value is -1.84. The van der Waals surface area contributed by atoms with Crippen molar-refractivity contribution in [3.8, 4) is 0 Å². The van der Waals surface area contributed by atoms with Crippen molar-refractivity contribution in [2.45, 2.75) is 132 Å². The van der Waals surface area contributed by atoms with Crippen LogP contribution < -0.4 is 0 Å². The average molecular weight is 491 g/mol. The molecule has 1 aliphatic rings. The van der Waals surface area contributed by atoms with E-state index in [0.717, 1.165) is 44.1 Å². The van der Waals surface area contributed by atoms with Crippen LogP contribution in [0, 0.1) is 17.8 Å². The Morgan fingerprint density at radius 2 is 1.60 bits per heavy atom. The zero-order valence-corrected chi connectivity index (χ0v) is 24.1. The Morgan fingerprint density at radius 1 is 1.00 bits per heavy atom. The lowest BCUT2D eigenvalue weighted by Gasteiger charge is -2.29. The van der Waals surface area contributed by atoms with Gasteiger partial charge in [0.05, 0.1) is 6.42 Å². The minimum atomic E-state index is -0.0541. The molecule has 0 aromatic rings. The number of allylic oxidation sites excluding steroid dienone is 4. The number of unbranched alkanes of at least 4 members (excludes halogenated alkanes) is 2. The predicted molar refractivity (Wildman–Crippen MR) is 149 cm³/mol. The van der Waals surface area contributed by atoms with E-state index in [2.05, 4.69) is 32.9 Å². The first-order chi connectivity index (χ1) is 16.5. The van der Waals surface area contributed by atoms with Crippen molar-refractivity contribution >= 4 is 23.1 Å². The molecule has 0 radical (unpaired) electrons. The van der Waals surface area contributed by atoms with Crippen molar-refractivity contribution < 1.29 is 19.2 Å². The van der Waals surface area contributed by atoms with Gasteiger partial charge in [0.15, 0.2) is 0 Å². The molecular weight excluding hydrogens is 436 g/mol. The van der Waals surface area contributed by atoms with E-state index in [1.54, 1.807) is 0 Å². The molecule has 0 heterocycles. The van der Waals surface area contributed by atoms with E-state index in [1.165, 1.54) is 40.0 Å². The molecule has 202 valence electrons. The van der Waals surface area contributed by atoms with E-state index in [4.69, 9.17) is 0 Å². The highest BCUT2D eigenvalue weighted by molar-refractivity contribution is 5.99. The van der Waals surface area contributed by atoms with Crippen molar-refractivity contribution in [3.63, 3.8) is 0 Å². The van der Waals surface area contributed by atoms with Gasteiger partial charge in [0.25, 0.3) is 0 Å². The summed E-state index contributed by atoms with van der Waals surface area (Å²) < 4.78 is 0. The summed E-state index contributed by atoms with van der Waals surface area (Å²) in [5.41, 5.74) is 1.11. The fourth-order valence-electron chi connectivity index (χ4n) is 4.56. The molecule has 0 aliphatic heterocycles. The van der Waals surface area contributed by atoms with Gasteiger partial charge in [-0.2, -0.15) is 0 Å². The van der Waals surface area contributed by atoms with Crippen LogP contribution in [0.15, 0.2) is 23.8 Å². The van der Waals surface area contributed by atoms with Crippen LogP contribution >= 0.6 is 0 Å². The van der Waals surface area contributed by atoms with Gasteiger partial charge in [0.1, 0.15) is 23.1 Å². The highest BCUT2D eigenvalue weighted by Gasteiger charge is 2.29. The largest absolute Gasteiger partial charge is 0.300 e. The summed E-state index contributed by atoms with van der Waals surface area (Å²) in [5, 5.41) is 0. The van der Waals surface area contributed by atoms with Gasteiger partial charge in [-0.25, -0.2) is 0 Å². The van der Waals surface area contributed by atoms with Crippen LogP contribution in [-0.4, -0.2) is 23.1 Å². The number of rotatable bonds is 11. The number of hydrogen-bond donors (Lipinski definition) is 0. The highest BCUT2D eigenvalue weighted by Crippen LogP contribution is 2.33. The van der Waals surface area contributed by atoms with Crippen LogP contribution in [0.25, 0.3) is 0 Å². The molecule has 0 aromatic carbocycles. The third kappa shape index (κ3) is 21.2. The summed E-state index contributed by atoms with van der Waals surface area (Å²) in [6.45, 7) is 15.2. The first-order valence-corrected chi connectivity index (χ1v) is 13.8. The summed E-state index contributed by atoms with van der Waals surface area (Å²) in [7, 11) is 0. The molecule has 1 rings (SSSR count). The molecule has 0 bridgehead atoms. The summed E-state index contributed by atoms with van der Waals surface area (Å²) in [6, 6.07) is 0.